The number of hydrogen-bond acceptors (Lipinski definition) is 15. The number of amidine groups is 1. The molecule has 0 fully saturated rings. The van der Waals surface area contributed by atoms with E-state index in [1.54, 1.807) is 31.4 Å². The minimum absolute atomic E-state index is 0.221. The maximum atomic E-state index is 11.7. The van der Waals surface area contributed by atoms with Gasteiger partial charge in [-0.25, -0.2) is 9.83 Å². The number of furan rings is 3. The molecule has 15 nitrogen and oxygen atoms in total. The number of aliphatic hydroxyl groups excluding tert-OH is 2. The second-order valence-electron chi connectivity index (χ2n) is 13.6. The Morgan fingerprint density at radius 3 is 2.38 bits per heavy atom. The lowest BCUT2D eigenvalue weighted by Crippen LogP contribution is -2.49. The zero-order chi connectivity index (χ0) is 39.9. The predicted molar refractivity (Wildman–Crippen MR) is 212 cm³/mol. The number of hydroxylamine groups is 1. The molecule has 15 heteroatoms. The highest BCUT2D eigenvalue weighted by Crippen LogP contribution is 2.37. The first-order valence-electron chi connectivity index (χ1n) is 18.8. The number of nitrogens with zero attached hydrogens (tertiary/aromatic N) is 4. The Balaban J connectivity index is 0.973. The fourth-order valence-corrected chi connectivity index (χ4v) is 6.92. The van der Waals surface area contributed by atoms with Crippen molar-refractivity contribution in [2.24, 2.45) is 4.99 Å². The van der Waals surface area contributed by atoms with Gasteiger partial charge in [0.2, 0.25) is 12.1 Å². The number of aromatic nitrogens is 2. The lowest BCUT2D eigenvalue weighted by Gasteiger charge is -2.27. The average molecular weight is 786 g/mol. The highest BCUT2D eigenvalue weighted by atomic mass is 16.7. The van der Waals surface area contributed by atoms with Crippen molar-refractivity contribution in [3.8, 4) is 40.3 Å². The molecule has 0 spiro atoms. The SMILES string of the molecule is CCOc1ccc(C2N=C(c3ccc4oc(C)cc4c3)N(NC(O)C(CO)c3cc4cc(-c5noc(-c6cc7ccc(OC)cc7o6)n5)ccc4o3)O2)cc1OCC. The number of nitrogens with one attached hydrogen (secondary N) is 1. The third-order valence-electron chi connectivity index (χ3n) is 9.74. The van der Waals surface area contributed by atoms with Gasteiger partial charge in [-0.15, -0.1) is 0 Å². The minimum atomic E-state index is -1.39. The van der Waals surface area contributed by atoms with Crippen molar-refractivity contribution < 1.29 is 47.0 Å². The molecule has 9 rings (SSSR count). The summed E-state index contributed by atoms with van der Waals surface area (Å²) < 4.78 is 40.4. The van der Waals surface area contributed by atoms with Gasteiger partial charge in [-0.05, 0) is 99.6 Å². The first kappa shape index (κ1) is 37.0. The normalized spacial score (nSPS) is 15.4. The van der Waals surface area contributed by atoms with Crippen LogP contribution < -0.4 is 19.6 Å². The van der Waals surface area contributed by atoms with Crippen LogP contribution in [-0.2, 0) is 4.84 Å². The Kier molecular flexibility index (Phi) is 9.79. The van der Waals surface area contributed by atoms with Gasteiger partial charge < -0.3 is 42.2 Å². The topological polar surface area (TPSA) is 183 Å². The van der Waals surface area contributed by atoms with E-state index in [0.29, 0.717) is 86.9 Å². The third kappa shape index (κ3) is 7.00. The summed E-state index contributed by atoms with van der Waals surface area (Å²) in [5.41, 5.74) is 6.96. The van der Waals surface area contributed by atoms with Gasteiger partial charge in [-0.2, -0.15) is 15.6 Å². The van der Waals surface area contributed by atoms with Gasteiger partial charge in [0.25, 0.3) is 5.89 Å². The second-order valence-corrected chi connectivity index (χ2v) is 13.6. The summed E-state index contributed by atoms with van der Waals surface area (Å²) in [6.45, 7) is 6.15. The fourth-order valence-electron chi connectivity index (χ4n) is 6.92. The molecule has 0 aliphatic carbocycles. The molecule has 296 valence electrons. The van der Waals surface area contributed by atoms with Crippen LogP contribution in [0.4, 0.5) is 0 Å². The number of aryl methyl sites for hydroxylation is 1. The number of aliphatic hydroxyl groups is 2. The lowest BCUT2D eigenvalue weighted by atomic mass is 10.1. The van der Waals surface area contributed by atoms with Crippen LogP contribution in [0.15, 0.2) is 114 Å². The van der Waals surface area contributed by atoms with Crippen LogP contribution >= 0.6 is 0 Å². The first-order chi connectivity index (χ1) is 28.3. The van der Waals surface area contributed by atoms with Crippen molar-refractivity contribution >= 4 is 38.7 Å². The summed E-state index contributed by atoms with van der Waals surface area (Å²) in [7, 11) is 1.59. The smallest absolute Gasteiger partial charge is 0.293 e. The van der Waals surface area contributed by atoms with Crippen LogP contribution in [0.2, 0.25) is 0 Å². The summed E-state index contributed by atoms with van der Waals surface area (Å²) in [5, 5.41) is 30.2. The number of fused-ring (bicyclic) bond motifs is 3. The lowest BCUT2D eigenvalue weighted by molar-refractivity contribution is -0.184. The second kappa shape index (κ2) is 15.4. The van der Waals surface area contributed by atoms with Crippen LogP contribution in [0.1, 0.15) is 48.6 Å². The molecule has 4 aromatic carbocycles. The molecule has 5 heterocycles. The number of hydrogen-bond donors (Lipinski definition) is 3. The average Bonchev–Trinajstić information content (AvgIpc) is 4.07. The standard InChI is InChI=1S/C43H39N5O10/c1-5-52-34-14-10-27(19-37(34)53-6-2)42-45-40(26-9-13-32-28(17-26)15-23(3)54-32)48(58-42)46-41(50)31(22-49)36-20-29-16-25(8-12-33(29)55-36)39-44-43(57-47-39)38-18-24-7-11-30(51-4)21-35(24)56-38/h7-21,31,41-42,46,49-50H,5-6,22H2,1-4H3. The van der Waals surface area contributed by atoms with Crippen molar-refractivity contribution in [2.75, 3.05) is 26.9 Å². The molecular weight excluding hydrogens is 746 g/mol. The van der Waals surface area contributed by atoms with Crippen LogP contribution in [0.5, 0.6) is 17.2 Å². The number of ether oxygens (including phenoxy) is 3. The van der Waals surface area contributed by atoms with E-state index in [0.717, 1.165) is 22.1 Å². The van der Waals surface area contributed by atoms with Crippen molar-refractivity contribution in [3.05, 3.63) is 114 Å². The van der Waals surface area contributed by atoms with E-state index in [1.165, 1.54) is 5.17 Å². The molecule has 0 saturated heterocycles. The van der Waals surface area contributed by atoms with Gasteiger partial charge in [0.05, 0.1) is 32.8 Å². The van der Waals surface area contributed by atoms with Crippen LogP contribution in [0.3, 0.4) is 0 Å². The molecule has 3 N–H and O–H groups in total. The molecule has 0 amide bonds. The zero-order valence-corrected chi connectivity index (χ0v) is 32.0. The Morgan fingerprint density at radius 1 is 0.793 bits per heavy atom. The summed E-state index contributed by atoms with van der Waals surface area (Å²) in [4.78, 5) is 15.8. The van der Waals surface area contributed by atoms with Crippen LogP contribution in [-0.4, -0.2) is 64.5 Å². The minimum Gasteiger partial charge on any atom is -0.497 e. The molecule has 0 bridgehead atoms. The van der Waals surface area contributed by atoms with E-state index in [2.05, 4.69) is 15.6 Å². The van der Waals surface area contributed by atoms with E-state index in [9.17, 15) is 10.2 Å². The van der Waals surface area contributed by atoms with E-state index in [1.807, 2.05) is 87.5 Å². The Bertz CT molecular complexity index is 2780. The molecule has 3 unspecified atom stereocenters. The fraction of sp³-hybridized carbons (Fsp3) is 0.233. The number of rotatable bonds is 14. The molecular formula is C43H39N5O10. The van der Waals surface area contributed by atoms with Crippen molar-refractivity contribution in [3.63, 3.8) is 0 Å². The molecule has 1 aliphatic heterocycles. The first-order valence-corrected chi connectivity index (χ1v) is 18.8. The van der Waals surface area contributed by atoms with E-state index in [-0.39, 0.29) is 5.89 Å². The number of methoxy groups -OCH3 is 1. The molecule has 8 aromatic rings. The van der Waals surface area contributed by atoms with E-state index >= 15 is 0 Å². The highest BCUT2D eigenvalue weighted by Gasteiger charge is 2.34. The molecule has 1 aliphatic rings. The highest BCUT2D eigenvalue weighted by molar-refractivity contribution is 6.01. The predicted octanol–water partition coefficient (Wildman–Crippen LogP) is 8.05. The number of benzene rings is 4. The van der Waals surface area contributed by atoms with Gasteiger partial charge >= 0.3 is 0 Å². The van der Waals surface area contributed by atoms with Crippen LogP contribution in [0.25, 0.3) is 55.9 Å². The Hall–Kier alpha value is -6.65. The van der Waals surface area contributed by atoms with E-state index < -0.39 is 25.0 Å². The summed E-state index contributed by atoms with van der Waals surface area (Å²) in [5.74, 6) is 3.41. The molecule has 4 aromatic heterocycles. The zero-order valence-electron chi connectivity index (χ0n) is 32.0. The van der Waals surface area contributed by atoms with E-state index in [4.69, 9.17) is 41.8 Å². The van der Waals surface area contributed by atoms with Gasteiger partial charge in [0.15, 0.2) is 23.1 Å². The van der Waals surface area contributed by atoms with Crippen molar-refractivity contribution in [2.45, 2.75) is 39.1 Å². The Morgan fingerprint density at radius 2 is 1.57 bits per heavy atom. The van der Waals surface area contributed by atoms with Crippen molar-refractivity contribution in [1.29, 1.82) is 0 Å². The van der Waals surface area contributed by atoms with Gasteiger partial charge in [-0.3, -0.25) is 0 Å². The van der Waals surface area contributed by atoms with Gasteiger partial charge in [0.1, 0.15) is 40.2 Å². The number of aliphatic imine (C=N–C) groups is 1. The van der Waals surface area contributed by atoms with Gasteiger partial charge in [0, 0.05) is 38.9 Å². The molecule has 0 saturated carbocycles. The monoisotopic (exact) mass is 785 g/mol. The quantitative estimate of drug-likeness (QED) is 0.0900. The molecule has 58 heavy (non-hydrogen) atoms. The van der Waals surface area contributed by atoms with Crippen LogP contribution in [0, 0.1) is 6.92 Å². The maximum Gasteiger partial charge on any atom is 0.293 e. The molecule has 3 atom stereocenters. The third-order valence-corrected chi connectivity index (χ3v) is 9.74. The summed E-state index contributed by atoms with van der Waals surface area (Å²) >= 11 is 0. The largest absolute Gasteiger partial charge is 0.497 e. The Labute approximate surface area is 330 Å². The van der Waals surface area contributed by atoms with Crippen molar-refractivity contribution in [1.82, 2.24) is 20.7 Å². The number of hydrazine groups is 1. The maximum absolute atomic E-state index is 11.7. The summed E-state index contributed by atoms with van der Waals surface area (Å²) in [6, 6.07) is 27.6. The molecule has 0 radical (unpaired) electrons. The summed E-state index contributed by atoms with van der Waals surface area (Å²) in [6.07, 6.45) is -2.21. The van der Waals surface area contributed by atoms with Gasteiger partial charge in [-0.1, -0.05) is 11.2 Å².